The van der Waals surface area contributed by atoms with E-state index in [1.807, 2.05) is 12.1 Å². The standard InChI is InChI=1S/C19H32O6Si/c1-18(2,3)26(8,9)25-19(24-7,16(22-5)17(20)23-6)14-10-12-15(21-4)13-11-14/h10-13,16H,1-9H3. The highest BCUT2D eigenvalue weighted by Gasteiger charge is 2.53. The number of hydrogen-bond donors (Lipinski definition) is 0. The molecule has 148 valence electrons. The second-order valence-electron chi connectivity index (χ2n) is 7.60. The molecule has 0 aliphatic rings. The average Bonchev–Trinajstić information content (AvgIpc) is 2.60. The van der Waals surface area contributed by atoms with Crippen molar-refractivity contribution in [2.75, 3.05) is 28.4 Å². The SMILES string of the molecule is COC(=O)C(OC)C(OC)(O[Si](C)(C)C(C)(C)C)c1ccc(OC)cc1. The maximum absolute atomic E-state index is 12.5. The summed E-state index contributed by atoms with van der Waals surface area (Å²) in [6.45, 7) is 10.5. The first-order valence-electron chi connectivity index (χ1n) is 8.49. The van der Waals surface area contributed by atoms with Crippen molar-refractivity contribution < 1.29 is 28.2 Å². The van der Waals surface area contributed by atoms with Gasteiger partial charge in [-0.15, -0.1) is 0 Å². The summed E-state index contributed by atoms with van der Waals surface area (Å²) >= 11 is 0. The van der Waals surface area contributed by atoms with Gasteiger partial charge in [-0.1, -0.05) is 20.8 Å². The number of rotatable bonds is 8. The summed E-state index contributed by atoms with van der Waals surface area (Å²) in [5.41, 5.74) is 0.655. The number of ether oxygens (including phenoxy) is 4. The number of carbonyl (C=O) groups is 1. The van der Waals surface area contributed by atoms with Crippen LogP contribution in [-0.2, 0) is 29.2 Å². The van der Waals surface area contributed by atoms with Gasteiger partial charge in [-0.2, -0.15) is 0 Å². The lowest BCUT2D eigenvalue weighted by molar-refractivity contribution is -0.250. The predicted molar refractivity (Wildman–Crippen MR) is 103 cm³/mol. The van der Waals surface area contributed by atoms with Gasteiger partial charge in [-0.25, -0.2) is 4.79 Å². The number of esters is 1. The van der Waals surface area contributed by atoms with Crippen LogP contribution in [0, 0.1) is 0 Å². The maximum atomic E-state index is 12.5. The summed E-state index contributed by atoms with van der Waals surface area (Å²) in [5.74, 6) is -1.31. The first-order valence-corrected chi connectivity index (χ1v) is 11.4. The molecule has 0 amide bonds. The minimum absolute atomic E-state index is 0.0995. The normalized spacial score (nSPS) is 15.9. The summed E-state index contributed by atoms with van der Waals surface area (Å²) in [7, 11) is 3.51. The summed E-state index contributed by atoms with van der Waals surface area (Å²) in [5, 5.41) is -0.0995. The molecular formula is C19H32O6Si. The lowest BCUT2D eigenvalue weighted by Gasteiger charge is -2.46. The average molecular weight is 385 g/mol. The molecule has 26 heavy (non-hydrogen) atoms. The van der Waals surface area contributed by atoms with Gasteiger partial charge in [-0.05, 0) is 42.4 Å². The van der Waals surface area contributed by atoms with Crippen LogP contribution in [-0.4, -0.2) is 48.8 Å². The van der Waals surface area contributed by atoms with Crippen molar-refractivity contribution in [1.82, 2.24) is 0 Å². The molecule has 1 rings (SSSR count). The van der Waals surface area contributed by atoms with Gasteiger partial charge in [0, 0.05) is 19.8 Å². The van der Waals surface area contributed by atoms with E-state index in [9.17, 15) is 4.79 Å². The molecule has 1 aromatic rings. The zero-order valence-corrected chi connectivity index (χ0v) is 18.3. The number of hydrogen-bond acceptors (Lipinski definition) is 6. The molecule has 0 saturated heterocycles. The Labute approximate surface area is 157 Å². The van der Waals surface area contributed by atoms with E-state index in [0.717, 1.165) is 0 Å². The molecule has 0 heterocycles. The molecule has 0 aliphatic heterocycles. The molecule has 0 radical (unpaired) electrons. The number of benzene rings is 1. The summed E-state index contributed by atoms with van der Waals surface area (Å²) < 4.78 is 28.1. The van der Waals surface area contributed by atoms with Crippen LogP contribution in [0.2, 0.25) is 18.1 Å². The molecule has 1 aromatic carbocycles. The third-order valence-electron chi connectivity index (χ3n) is 5.00. The molecule has 2 unspecified atom stereocenters. The van der Waals surface area contributed by atoms with Gasteiger partial charge in [0.15, 0.2) is 8.32 Å². The van der Waals surface area contributed by atoms with E-state index in [0.29, 0.717) is 11.3 Å². The van der Waals surface area contributed by atoms with Crippen LogP contribution in [0.1, 0.15) is 26.3 Å². The summed E-state index contributed by atoms with van der Waals surface area (Å²) in [6, 6.07) is 7.21. The van der Waals surface area contributed by atoms with Gasteiger partial charge >= 0.3 is 5.97 Å². The van der Waals surface area contributed by atoms with Crippen LogP contribution in [0.5, 0.6) is 5.75 Å². The van der Waals surface area contributed by atoms with Gasteiger partial charge in [0.05, 0.1) is 14.2 Å². The monoisotopic (exact) mass is 384 g/mol. The second kappa shape index (κ2) is 8.52. The molecule has 0 bridgehead atoms. The van der Waals surface area contributed by atoms with Gasteiger partial charge in [0.1, 0.15) is 5.75 Å². The Bertz CT molecular complexity index is 593. The van der Waals surface area contributed by atoms with Crippen molar-refractivity contribution in [3.8, 4) is 5.75 Å². The Morgan fingerprint density at radius 3 is 1.88 bits per heavy atom. The van der Waals surface area contributed by atoms with E-state index < -0.39 is 26.2 Å². The van der Waals surface area contributed by atoms with Crippen LogP contribution in [0.25, 0.3) is 0 Å². The van der Waals surface area contributed by atoms with Gasteiger partial charge < -0.3 is 23.4 Å². The topological polar surface area (TPSA) is 63.2 Å². The lowest BCUT2D eigenvalue weighted by Crippen LogP contribution is -2.57. The van der Waals surface area contributed by atoms with Crippen LogP contribution in [0.4, 0.5) is 0 Å². The molecular weight excluding hydrogens is 352 g/mol. The van der Waals surface area contributed by atoms with Gasteiger partial charge in [0.25, 0.3) is 0 Å². The first kappa shape index (κ1) is 22.6. The molecule has 0 N–H and O–H groups in total. The van der Waals surface area contributed by atoms with E-state index in [1.165, 1.54) is 21.3 Å². The summed E-state index contributed by atoms with van der Waals surface area (Å²) in [6.07, 6.45) is -1.08. The van der Waals surface area contributed by atoms with E-state index in [4.69, 9.17) is 23.4 Å². The smallest absolute Gasteiger partial charge is 0.341 e. The Kier molecular flexibility index (Phi) is 7.41. The molecule has 6 nitrogen and oxygen atoms in total. The first-order chi connectivity index (χ1) is 12.0. The highest BCUT2D eigenvalue weighted by Crippen LogP contribution is 2.44. The van der Waals surface area contributed by atoms with Gasteiger partial charge in [0.2, 0.25) is 11.9 Å². The van der Waals surface area contributed by atoms with E-state index in [-0.39, 0.29) is 5.04 Å². The summed E-state index contributed by atoms with van der Waals surface area (Å²) in [4.78, 5) is 12.5. The molecule has 0 fully saturated rings. The molecule has 7 heteroatoms. The fourth-order valence-electron chi connectivity index (χ4n) is 2.40. The minimum atomic E-state index is -2.35. The zero-order valence-electron chi connectivity index (χ0n) is 17.3. The van der Waals surface area contributed by atoms with Crippen molar-refractivity contribution >= 4 is 14.3 Å². The highest BCUT2D eigenvalue weighted by molar-refractivity contribution is 6.74. The largest absolute Gasteiger partial charge is 0.497 e. The van der Waals surface area contributed by atoms with Crippen LogP contribution in [0.3, 0.4) is 0 Å². The molecule has 0 spiro atoms. The van der Waals surface area contributed by atoms with Crippen molar-refractivity contribution in [2.45, 2.75) is 50.8 Å². The lowest BCUT2D eigenvalue weighted by atomic mass is 9.99. The fraction of sp³-hybridized carbons (Fsp3) is 0.632. The number of methoxy groups -OCH3 is 4. The Morgan fingerprint density at radius 1 is 1.00 bits per heavy atom. The predicted octanol–water partition coefficient (Wildman–Crippen LogP) is 3.70. The van der Waals surface area contributed by atoms with Crippen molar-refractivity contribution in [2.24, 2.45) is 0 Å². The van der Waals surface area contributed by atoms with Crippen LogP contribution < -0.4 is 4.74 Å². The molecule has 2 atom stereocenters. The zero-order chi connectivity index (χ0) is 20.2. The molecule has 0 saturated carbocycles. The Morgan fingerprint density at radius 2 is 1.54 bits per heavy atom. The minimum Gasteiger partial charge on any atom is -0.497 e. The van der Waals surface area contributed by atoms with Crippen LogP contribution >= 0.6 is 0 Å². The van der Waals surface area contributed by atoms with Crippen molar-refractivity contribution in [3.05, 3.63) is 29.8 Å². The maximum Gasteiger partial charge on any atom is 0.341 e. The van der Waals surface area contributed by atoms with E-state index in [2.05, 4.69) is 33.9 Å². The quantitative estimate of drug-likeness (QED) is 0.387. The van der Waals surface area contributed by atoms with Crippen molar-refractivity contribution in [1.29, 1.82) is 0 Å². The molecule has 0 aliphatic carbocycles. The molecule has 0 aromatic heterocycles. The third kappa shape index (κ3) is 4.46. The highest BCUT2D eigenvalue weighted by atomic mass is 28.4. The fourth-order valence-corrected chi connectivity index (χ4v) is 3.77. The number of carbonyl (C=O) groups excluding carboxylic acids is 1. The van der Waals surface area contributed by atoms with E-state index in [1.54, 1.807) is 19.2 Å². The van der Waals surface area contributed by atoms with Crippen LogP contribution in [0.15, 0.2) is 24.3 Å². The van der Waals surface area contributed by atoms with Gasteiger partial charge in [-0.3, -0.25) is 0 Å². The van der Waals surface area contributed by atoms with Crippen molar-refractivity contribution in [3.63, 3.8) is 0 Å². The Hall–Kier alpha value is -1.41. The third-order valence-corrected chi connectivity index (χ3v) is 9.43. The second-order valence-corrected chi connectivity index (χ2v) is 12.3. The van der Waals surface area contributed by atoms with E-state index >= 15 is 0 Å². The Balaban J connectivity index is 3.58.